The van der Waals surface area contributed by atoms with Crippen LogP contribution in [0.3, 0.4) is 0 Å². The highest BCUT2D eigenvalue weighted by Gasteiger charge is 2.48. The minimum Gasteiger partial charge on any atom is -0.299 e. The summed E-state index contributed by atoms with van der Waals surface area (Å²) >= 11 is 0. The maximum absolute atomic E-state index is 11.7. The molecule has 0 aliphatic heterocycles. The molecule has 3 rings (SSSR count). The summed E-state index contributed by atoms with van der Waals surface area (Å²) in [5.74, 6) is 0.446. The molecule has 0 spiro atoms. The van der Waals surface area contributed by atoms with E-state index in [4.69, 9.17) is 0 Å². The van der Waals surface area contributed by atoms with Crippen molar-refractivity contribution in [3.05, 3.63) is 11.6 Å². The van der Waals surface area contributed by atoms with Gasteiger partial charge in [0.25, 0.3) is 0 Å². The van der Waals surface area contributed by atoms with E-state index in [0.29, 0.717) is 5.78 Å². The monoisotopic (exact) mass is 164 g/mol. The lowest BCUT2D eigenvalue weighted by Crippen LogP contribution is -2.43. The lowest BCUT2D eigenvalue weighted by molar-refractivity contribution is -0.132. The Morgan fingerprint density at radius 1 is 1.33 bits per heavy atom. The van der Waals surface area contributed by atoms with E-state index in [-0.39, 0.29) is 10.8 Å². The molecule has 12 heavy (non-hydrogen) atoms. The fourth-order valence-electron chi connectivity index (χ4n) is 2.46. The Balaban J connectivity index is 2.51. The molecule has 1 fully saturated rings. The number of hydrogen-bond donors (Lipinski definition) is 0. The number of Topliss-reactive ketones (excluding diaryl/α,β-unsaturated/α-hetero) is 1. The van der Waals surface area contributed by atoms with Crippen LogP contribution in [0.2, 0.25) is 0 Å². The number of hydrogen-bond acceptors (Lipinski definition) is 1. The molecule has 0 aromatic rings. The summed E-state index contributed by atoms with van der Waals surface area (Å²) in [6.07, 6.45) is 5.21. The molecule has 0 aromatic heterocycles. The van der Waals surface area contributed by atoms with Gasteiger partial charge in [0.2, 0.25) is 0 Å². The zero-order chi connectivity index (χ0) is 8.98. The van der Waals surface area contributed by atoms with Crippen molar-refractivity contribution in [1.82, 2.24) is 0 Å². The molecule has 0 unspecified atom stereocenters. The molecule has 0 N–H and O–H groups in total. The highest BCUT2D eigenvalue weighted by Crippen LogP contribution is 2.53. The lowest BCUT2D eigenvalue weighted by Gasteiger charge is -2.47. The van der Waals surface area contributed by atoms with E-state index in [1.54, 1.807) is 0 Å². The standard InChI is InChI=1S/C11H16O/c1-8-6-11(3)5-4-10(8,2)7-9(11)12/h6H,4-5,7H2,1-3H3/t10-,11-/m0/s1. The number of carbonyl (C=O) groups is 1. The zero-order valence-corrected chi connectivity index (χ0v) is 8.11. The number of fused-ring (bicyclic) bond motifs is 2. The third-order valence-electron chi connectivity index (χ3n) is 3.87. The van der Waals surface area contributed by atoms with Crippen LogP contribution in [-0.4, -0.2) is 5.78 Å². The van der Waals surface area contributed by atoms with Crippen LogP contribution in [0.4, 0.5) is 0 Å². The second-order valence-electron chi connectivity index (χ2n) is 4.91. The van der Waals surface area contributed by atoms with Crippen molar-refractivity contribution in [2.75, 3.05) is 0 Å². The Labute approximate surface area is 73.8 Å². The first kappa shape index (κ1) is 8.03. The third kappa shape index (κ3) is 0.825. The van der Waals surface area contributed by atoms with Crippen molar-refractivity contribution >= 4 is 5.78 Å². The van der Waals surface area contributed by atoms with Crippen LogP contribution in [0, 0.1) is 10.8 Å². The van der Waals surface area contributed by atoms with Crippen LogP contribution in [0.1, 0.15) is 40.0 Å². The molecule has 66 valence electrons. The van der Waals surface area contributed by atoms with Crippen LogP contribution in [0.5, 0.6) is 0 Å². The average Bonchev–Trinajstić information content (AvgIpc) is 1.96. The average molecular weight is 164 g/mol. The van der Waals surface area contributed by atoms with Gasteiger partial charge >= 0.3 is 0 Å². The molecule has 1 saturated carbocycles. The van der Waals surface area contributed by atoms with Crippen LogP contribution in [0.25, 0.3) is 0 Å². The first-order valence-corrected chi connectivity index (χ1v) is 4.70. The second kappa shape index (κ2) is 2.01. The predicted molar refractivity (Wildman–Crippen MR) is 48.8 cm³/mol. The van der Waals surface area contributed by atoms with E-state index in [9.17, 15) is 4.79 Å². The molecule has 0 aromatic carbocycles. The van der Waals surface area contributed by atoms with Crippen molar-refractivity contribution in [2.24, 2.45) is 10.8 Å². The van der Waals surface area contributed by atoms with Crippen molar-refractivity contribution in [3.8, 4) is 0 Å². The number of allylic oxidation sites excluding steroid dienone is 2. The van der Waals surface area contributed by atoms with Crippen molar-refractivity contribution < 1.29 is 4.79 Å². The Morgan fingerprint density at radius 3 is 2.42 bits per heavy atom. The molecule has 1 heteroatoms. The van der Waals surface area contributed by atoms with E-state index < -0.39 is 0 Å². The van der Waals surface area contributed by atoms with Gasteiger partial charge in [-0.15, -0.1) is 0 Å². The van der Waals surface area contributed by atoms with Crippen LogP contribution in [0.15, 0.2) is 11.6 Å². The van der Waals surface area contributed by atoms with E-state index in [1.165, 1.54) is 12.0 Å². The molecular weight excluding hydrogens is 148 g/mol. The maximum Gasteiger partial charge on any atom is 0.143 e. The fourth-order valence-corrected chi connectivity index (χ4v) is 2.46. The molecule has 2 bridgehead atoms. The fraction of sp³-hybridized carbons (Fsp3) is 0.727. The maximum atomic E-state index is 11.7. The zero-order valence-electron chi connectivity index (χ0n) is 8.11. The smallest absolute Gasteiger partial charge is 0.143 e. The van der Waals surface area contributed by atoms with Crippen LogP contribution >= 0.6 is 0 Å². The topological polar surface area (TPSA) is 17.1 Å². The van der Waals surface area contributed by atoms with Crippen molar-refractivity contribution in [3.63, 3.8) is 0 Å². The van der Waals surface area contributed by atoms with Gasteiger partial charge in [-0.3, -0.25) is 4.79 Å². The quantitative estimate of drug-likeness (QED) is 0.503. The van der Waals surface area contributed by atoms with Gasteiger partial charge in [-0.25, -0.2) is 0 Å². The molecule has 0 amide bonds. The summed E-state index contributed by atoms with van der Waals surface area (Å²) in [7, 11) is 0. The molecular formula is C11H16O. The Bertz CT molecular complexity index is 277. The Hall–Kier alpha value is -0.590. The predicted octanol–water partition coefficient (Wildman–Crippen LogP) is 2.71. The van der Waals surface area contributed by atoms with E-state index in [1.807, 2.05) is 0 Å². The largest absolute Gasteiger partial charge is 0.299 e. The SMILES string of the molecule is CC1=C[C@]2(C)CC[C@@]1(C)CC2=O. The minimum absolute atomic E-state index is 0.109. The number of carbonyl (C=O) groups excluding carboxylic acids is 1. The van der Waals surface area contributed by atoms with Gasteiger partial charge in [-0.2, -0.15) is 0 Å². The molecule has 3 aliphatic rings. The summed E-state index contributed by atoms with van der Waals surface area (Å²) in [6, 6.07) is 0. The highest BCUT2D eigenvalue weighted by molar-refractivity contribution is 5.89. The van der Waals surface area contributed by atoms with E-state index in [2.05, 4.69) is 26.8 Å². The number of ketones is 1. The molecule has 0 saturated heterocycles. The second-order valence-corrected chi connectivity index (χ2v) is 4.91. The normalized spacial score (nSPS) is 46.2. The van der Waals surface area contributed by atoms with E-state index >= 15 is 0 Å². The molecule has 2 atom stereocenters. The summed E-state index contributed by atoms with van der Waals surface area (Å²) < 4.78 is 0. The van der Waals surface area contributed by atoms with E-state index in [0.717, 1.165) is 12.8 Å². The summed E-state index contributed by atoms with van der Waals surface area (Å²) in [6.45, 7) is 6.47. The Morgan fingerprint density at radius 2 is 2.00 bits per heavy atom. The Kier molecular flexibility index (Phi) is 1.35. The number of rotatable bonds is 0. The minimum atomic E-state index is -0.109. The van der Waals surface area contributed by atoms with Gasteiger partial charge in [-0.1, -0.05) is 18.6 Å². The summed E-state index contributed by atoms with van der Waals surface area (Å²) in [5, 5.41) is 0. The first-order valence-electron chi connectivity index (χ1n) is 4.70. The lowest BCUT2D eigenvalue weighted by atomic mass is 9.56. The summed E-state index contributed by atoms with van der Waals surface area (Å²) in [5.41, 5.74) is 1.52. The summed E-state index contributed by atoms with van der Waals surface area (Å²) in [4.78, 5) is 11.7. The molecule has 1 nitrogen and oxygen atoms in total. The van der Waals surface area contributed by atoms with Crippen LogP contribution in [-0.2, 0) is 4.79 Å². The van der Waals surface area contributed by atoms with Crippen LogP contribution < -0.4 is 0 Å². The van der Waals surface area contributed by atoms with Gasteiger partial charge in [0.05, 0.1) is 0 Å². The highest BCUT2D eigenvalue weighted by atomic mass is 16.1. The van der Waals surface area contributed by atoms with Gasteiger partial charge in [-0.05, 0) is 32.1 Å². The molecule has 0 heterocycles. The first-order chi connectivity index (χ1) is 5.46. The van der Waals surface area contributed by atoms with Gasteiger partial charge < -0.3 is 0 Å². The van der Waals surface area contributed by atoms with Crippen molar-refractivity contribution in [1.29, 1.82) is 0 Å². The van der Waals surface area contributed by atoms with Gasteiger partial charge in [0.1, 0.15) is 5.78 Å². The molecule has 3 aliphatic carbocycles. The third-order valence-corrected chi connectivity index (χ3v) is 3.87. The van der Waals surface area contributed by atoms with Gasteiger partial charge in [0.15, 0.2) is 0 Å². The van der Waals surface area contributed by atoms with Crippen molar-refractivity contribution in [2.45, 2.75) is 40.0 Å². The van der Waals surface area contributed by atoms with Gasteiger partial charge in [0, 0.05) is 11.8 Å². The molecule has 0 radical (unpaired) electrons.